The summed E-state index contributed by atoms with van der Waals surface area (Å²) in [7, 11) is 3.56. The van der Waals surface area contributed by atoms with Crippen molar-refractivity contribution in [2.45, 2.75) is 24.9 Å². The molecule has 1 fully saturated rings. The lowest BCUT2D eigenvalue weighted by Gasteiger charge is -2.41. The van der Waals surface area contributed by atoms with Gasteiger partial charge in [0.1, 0.15) is 11.4 Å². The lowest BCUT2D eigenvalue weighted by Crippen LogP contribution is -2.57. The van der Waals surface area contributed by atoms with Crippen LogP contribution >= 0.6 is 0 Å². The van der Waals surface area contributed by atoms with E-state index >= 15 is 0 Å². The molecular weight excluding hydrogens is 294 g/mol. The minimum atomic E-state index is -0.588. The number of piperidine rings is 1. The van der Waals surface area contributed by atoms with E-state index in [4.69, 9.17) is 0 Å². The Bertz CT molecular complexity index is 641. The van der Waals surface area contributed by atoms with Crippen LogP contribution in [-0.2, 0) is 18.4 Å². The van der Waals surface area contributed by atoms with E-state index in [1.165, 1.54) is 0 Å². The summed E-state index contributed by atoms with van der Waals surface area (Å²) in [6, 6.07) is 1.89. The van der Waals surface area contributed by atoms with Gasteiger partial charge in [0.15, 0.2) is 0 Å². The van der Waals surface area contributed by atoms with Gasteiger partial charge < -0.3 is 10.6 Å². The van der Waals surface area contributed by atoms with Gasteiger partial charge in [-0.1, -0.05) is 0 Å². The molecule has 0 unspecified atom stereocenters. The Morgan fingerprint density at radius 3 is 2.78 bits per heavy atom. The van der Waals surface area contributed by atoms with Gasteiger partial charge in [-0.15, -0.1) is 0 Å². The Kier molecular flexibility index (Phi) is 4.33. The van der Waals surface area contributed by atoms with Gasteiger partial charge in [0.2, 0.25) is 5.91 Å². The number of aromatic amines is 1. The van der Waals surface area contributed by atoms with E-state index in [2.05, 4.69) is 30.8 Å². The highest BCUT2D eigenvalue weighted by molar-refractivity contribution is 5.89. The normalized spacial score (nSPS) is 17.8. The molecule has 0 spiro atoms. The highest BCUT2D eigenvalue weighted by Crippen LogP contribution is 2.28. The molecule has 3 heterocycles. The largest absolute Gasteiger partial charge is 0.357 e. The first kappa shape index (κ1) is 15.5. The zero-order valence-corrected chi connectivity index (χ0v) is 13.5. The third-order valence-electron chi connectivity index (χ3n) is 4.52. The molecule has 1 aliphatic heterocycles. The number of likely N-dealkylation sites (N-methyl/N-ethyl adjacent to an activating group) is 1. The highest BCUT2D eigenvalue weighted by Gasteiger charge is 2.41. The number of nitrogens with zero attached hydrogens (tertiary/aromatic N) is 4. The molecule has 0 aromatic carbocycles. The number of carbonyl (C=O) groups excluding carboxylic acids is 1. The van der Waals surface area contributed by atoms with E-state index in [-0.39, 0.29) is 5.91 Å². The predicted octanol–water partition coefficient (Wildman–Crippen LogP) is 0.336. The lowest BCUT2D eigenvalue weighted by molar-refractivity contribution is -0.126. The van der Waals surface area contributed by atoms with E-state index in [9.17, 15) is 4.79 Å². The molecule has 3 N–H and O–H groups in total. The van der Waals surface area contributed by atoms with Crippen LogP contribution < -0.4 is 10.6 Å². The first-order valence-electron chi connectivity index (χ1n) is 7.81. The SMILES string of the molecule is CNC(=O)C1(Nc2ccnn2C)CCN(Cc2cn[nH]c2)CC1. The van der Waals surface area contributed by atoms with E-state index in [0.717, 1.165) is 43.9 Å². The van der Waals surface area contributed by atoms with Gasteiger partial charge in [-0.05, 0) is 12.8 Å². The molecule has 23 heavy (non-hydrogen) atoms. The number of carbonyl (C=O) groups is 1. The van der Waals surface area contributed by atoms with E-state index in [1.807, 2.05) is 25.5 Å². The average Bonchev–Trinajstić information content (AvgIpc) is 3.21. The summed E-state index contributed by atoms with van der Waals surface area (Å²) in [6.07, 6.45) is 6.97. The van der Waals surface area contributed by atoms with Crippen LogP contribution in [0.15, 0.2) is 24.7 Å². The number of nitrogens with one attached hydrogen (secondary N) is 3. The van der Waals surface area contributed by atoms with E-state index < -0.39 is 5.54 Å². The topological polar surface area (TPSA) is 90.9 Å². The Morgan fingerprint density at radius 1 is 1.43 bits per heavy atom. The number of aryl methyl sites for hydroxylation is 1. The second kappa shape index (κ2) is 6.41. The summed E-state index contributed by atoms with van der Waals surface area (Å²) >= 11 is 0. The summed E-state index contributed by atoms with van der Waals surface area (Å²) in [5.74, 6) is 0.888. The molecule has 2 aromatic rings. The molecule has 1 amide bonds. The minimum Gasteiger partial charge on any atom is -0.357 e. The van der Waals surface area contributed by atoms with Crippen molar-refractivity contribution in [3.05, 3.63) is 30.2 Å². The van der Waals surface area contributed by atoms with Crippen LogP contribution in [0, 0.1) is 0 Å². The predicted molar refractivity (Wildman–Crippen MR) is 86.7 cm³/mol. The van der Waals surface area contributed by atoms with Gasteiger partial charge in [0, 0.05) is 51.6 Å². The molecule has 2 aromatic heterocycles. The number of hydrogen-bond acceptors (Lipinski definition) is 5. The van der Waals surface area contributed by atoms with Gasteiger partial charge in [-0.25, -0.2) is 0 Å². The smallest absolute Gasteiger partial charge is 0.245 e. The first-order valence-corrected chi connectivity index (χ1v) is 7.81. The highest BCUT2D eigenvalue weighted by atomic mass is 16.2. The second-order valence-corrected chi connectivity index (χ2v) is 6.01. The summed E-state index contributed by atoms with van der Waals surface area (Å²) < 4.78 is 1.75. The fourth-order valence-electron chi connectivity index (χ4n) is 3.10. The molecule has 0 atom stereocenters. The van der Waals surface area contributed by atoms with Crippen molar-refractivity contribution < 1.29 is 4.79 Å². The number of aromatic nitrogens is 4. The Morgan fingerprint density at radius 2 is 2.22 bits per heavy atom. The number of H-pyrrole nitrogens is 1. The molecule has 1 saturated heterocycles. The third-order valence-corrected chi connectivity index (χ3v) is 4.52. The fourth-order valence-corrected chi connectivity index (χ4v) is 3.10. The Labute approximate surface area is 135 Å². The Balaban J connectivity index is 1.69. The van der Waals surface area contributed by atoms with E-state index in [0.29, 0.717) is 0 Å². The van der Waals surface area contributed by atoms with Gasteiger partial charge >= 0.3 is 0 Å². The van der Waals surface area contributed by atoms with Crippen LogP contribution in [0.3, 0.4) is 0 Å². The lowest BCUT2D eigenvalue weighted by atomic mass is 9.86. The van der Waals surface area contributed by atoms with Crippen molar-refractivity contribution in [3.8, 4) is 0 Å². The number of amides is 1. The molecule has 1 aliphatic rings. The van der Waals surface area contributed by atoms with Crippen molar-refractivity contribution in [1.29, 1.82) is 0 Å². The Hall–Kier alpha value is -2.35. The first-order chi connectivity index (χ1) is 11.1. The monoisotopic (exact) mass is 317 g/mol. The van der Waals surface area contributed by atoms with Crippen LogP contribution in [-0.4, -0.2) is 56.5 Å². The van der Waals surface area contributed by atoms with Crippen molar-refractivity contribution in [2.75, 3.05) is 25.5 Å². The summed E-state index contributed by atoms with van der Waals surface area (Å²) in [4.78, 5) is 14.9. The number of hydrogen-bond donors (Lipinski definition) is 3. The number of anilines is 1. The molecule has 0 radical (unpaired) electrons. The quantitative estimate of drug-likeness (QED) is 0.739. The van der Waals surface area contributed by atoms with Crippen molar-refractivity contribution in [2.24, 2.45) is 7.05 Å². The second-order valence-electron chi connectivity index (χ2n) is 6.01. The molecule has 8 nitrogen and oxygen atoms in total. The number of likely N-dealkylation sites (tertiary alicyclic amines) is 1. The van der Waals surface area contributed by atoms with Crippen LogP contribution in [0.25, 0.3) is 0 Å². The maximum atomic E-state index is 12.5. The maximum Gasteiger partial charge on any atom is 0.245 e. The van der Waals surface area contributed by atoms with Crippen LogP contribution in [0.1, 0.15) is 18.4 Å². The van der Waals surface area contributed by atoms with Crippen molar-refractivity contribution >= 4 is 11.7 Å². The van der Waals surface area contributed by atoms with Gasteiger partial charge in [-0.2, -0.15) is 10.2 Å². The zero-order chi connectivity index (χ0) is 16.3. The molecular formula is C15H23N7O. The minimum absolute atomic E-state index is 0.0293. The van der Waals surface area contributed by atoms with Crippen molar-refractivity contribution in [1.82, 2.24) is 30.2 Å². The molecule has 124 valence electrons. The molecule has 3 rings (SSSR count). The van der Waals surface area contributed by atoms with Crippen LogP contribution in [0.2, 0.25) is 0 Å². The summed E-state index contributed by atoms with van der Waals surface area (Å²) in [5.41, 5.74) is 0.576. The van der Waals surface area contributed by atoms with E-state index in [1.54, 1.807) is 17.9 Å². The van der Waals surface area contributed by atoms with Crippen LogP contribution in [0.4, 0.5) is 5.82 Å². The van der Waals surface area contributed by atoms with Gasteiger partial charge in [0.25, 0.3) is 0 Å². The summed E-state index contributed by atoms with van der Waals surface area (Å²) in [6.45, 7) is 2.55. The fraction of sp³-hybridized carbons (Fsp3) is 0.533. The van der Waals surface area contributed by atoms with Gasteiger partial charge in [0.05, 0.1) is 12.4 Å². The number of rotatable bonds is 5. The third kappa shape index (κ3) is 3.21. The molecule has 0 bridgehead atoms. The average molecular weight is 317 g/mol. The summed E-state index contributed by atoms with van der Waals surface area (Å²) in [5, 5.41) is 17.2. The molecule has 8 heteroatoms. The zero-order valence-electron chi connectivity index (χ0n) is 13.5. The standard InChI is InChI=1S/C15H23N7O/c1-16-14(23)15(20-13-3-6-19-21(13)2)4-7-22(8-5-15)11-12-9-17-18-10-12/h3,6,9-10,20H,4-5,7-8,11H2,1-2H3,(H,16,23)(H,17,18). The van der Waals surface area contributed by atoms with Gasteiger partial charge in [-0.3, -0.25) is 19.5 Å². The van der Waals surface area contributed by atoms with Crippen LogP contribution in [0.5, 0.6) is 0 Å². The maximum absolute atomic E-state index is 12.5. The van der Waals surface area contributed by atoms with Crippen molar-refractivity contribution in [3.63, 3.8) is 0 Å². The molecule has 0 saturated carbocycles. The molecule has 0 aliphatic carbocycles.